The Morgan fingerprint density at radius 3 is 2.23 bits per heavy atom. The number of nitrogens with two attached hydrogens (primary N) is 1. The van der Waals surface area contributed by atoms with Crippen molar-refractivity contribution in [1.29, 1.82) is 0 Å². The molecule has 3 nitrogen and oxygen atoms in total. The summed E-state index contributed by atoms with van der Waals surface area (Å²) in [4.78, 5) is 12.5. The molecular weight excluding hydrogens is 272 g/mol. The van der Waals surface area contributed by atoms with Crippen LogP contribution < -0.4 is 11.1 Å². The maximum atomic E-state index is 12.5. The number of hydrogen-bond donors (Lipinski definition) is 2. The fourth-order valence-electron chi connectivity index (χ4n) is 2.52. The summed E-state index contributed by atoms with van der Waals surface area (Å²) in [7, 11) is 0. The van der Waals surface area contributed by atoms with Gasteiger partial charge in [0.05, 0.1) is 12.0 Å². The molecule has 0 aromatic heterocycles. The Morgan fingerprint density at radius 2 is 1.68 bits per heavy atom. The van der Waals surface area contributed by atoms with Gasteiger partial charge in [-0.15, -0.1) is 0 Å². The first-order chi connectivity index (χ1) is 10.7. The third kappa shape index (κ3) is 3.95. The van der Waals surface area contributed by atoms with Gasteiger partial charge in [-0.1, -0.05) is 61.5 Å². The summed E-state index contributed by atoms with van der Waals surface area (Å²) in [5, 5.41) is 3.06. The lowest BCUT2D eigenvalue weighted by Crippen LogP contribution is -2.35. The van der Waals surface area contributed by atoms with Gasteiger partial charge in [0.15, 0.2) is 0 Å². The molecule has 0 aliphatic rings. The normalized spacial score (nSPS) is 13.4. The second-order valence-corrected chi connectivity index (χ2v) is 5.52. The van der Waals surface area contributed by atoms with Crippen LogP contribution in [-0.2, 0) is 11.2 Å². The van der Waals surface area contributed by atoms with E-state index in [1.165, 1.54) is 5.56 Å². The van der Waals surface area contributed by atoms with Gasteiger partial charge >= 0.3 is 0 Å². The van der Waals surface area contributed by atoms with Gasteiger partial charge in [-0.2, -0.15) is 0 Å². The van der Waals surface area contributed by atoms with Crippen molar-refractivity contribution in [3.63, 3.8) is 0 Å². The molecule has 0 saturated heterocycles. The summed E-state index contributed by atoms with van der Waals surface area (Å²) in [6.07, 6.45) is 1.02. The van der Waals surface area contributed by atoms with Crippen LogP contribution in [-0.4, -0.2) is 12.5 Å². The first-order valence-corrected chi connectivity index (χ1v) is 7.80. The molecule has 2 aromatic carbocycles. The third-order valence-electron chi connectivity index (χ3n) is 4.00. The maximum Gasteiger partial charge on any atom is 0.229 e. The van der Waals surface area contributed by atoms with E-state index in [1.54, 1.807) is 0 Å². The van der Waals surface area contributed by atoms with E-state index in [9.17, 15) is 4.79 Å². The minimum absolute atomic E-state index is 0.0271. The molecule has 2 unspecified atom stereocenters. The highest BCUT2D eigenvalue weighted by molar-refractivity contribution is 5.84. The number of benzene rings is 2. The summed E-state index contributed by atoms with van der Waals surface area (Å²) in [5.74, 6) is -0.334. The van der Waals surface area contributed by atoms with Gasteiger partial charge in [0, 0.05) is 6.54 Å². The SMILES string of the molecule is CCc1ccc(C(C)NC(=O)C(CN)c2ccccc2)cc1. The molecule has 3 heteroatoms. The summed E-state index contributed by atoms with van der Waals surface area (Å²) >= 11 is 0. The van der Waals surface area contributed by atoms with E-state index in [0.717, 1.165) is 17.5 Å². The van der Waals surface area contributed by atoms with Crippen molar-refractivity contribution in [3.05, 3.63) is 71.3 Å². The van der Waals surface area contributed by atoms with Gasteiger partial charge in [0.25, 0.3) is 0 Å². The highest BCUT2D eigenvalue weighted by atomic mass is 16.1. The van der Waals surface area contributed by atoms with E-state index in [0.29, 0.717) is 6.54 Å². The molecular formula is C19H24N2O. The maximum absolute atomic E-state index is 12.5. The van der Waals surface area contributed by atoms with E-state index in [-0.39, 0.29) is 17.9 Å². The highest BCUT2D eigenvalue weighted by Crippen LogP contribution is 2.18. The van der Waals surface area contributed by atoms with E-state index in [4.69, 9.17) is 5.73 Å². The van der Waals surface area contributed by atoms with Crippen LogP contribution in [0.15, 0.2) is 54.6 Å². The van der Waals surface area contributed by atoms with Crippen molar-refractivity contribution in [2.24, 2.45) is 5.73 Å². The molecule has 0 bridgehead atoms. The summed E-state index contributed by atoms with van der Waals surface area (Å²) < 4.78 is 0. The largest absolute Gasteiger partial charge is 0.349 e. The monoisotopic (exact) mass is 296 g/mol. The van der Waals surface area contributed by atoms with Crippen LogP contribution >= 0.6 is 0 Å². The predicted molar refractivity (Wildman–Crippen MR) is 90.6 cm³/mol. The average molecular weight is 296 g/mol. The fraction of sp³-hybridized carbons (Fsp3) is 0.316. The van der Waals surface area contributed by atoms with Crippen LogP contribution in [0, 0.1) is 0 Å². The Morgan fingerprint density at radius 1 is 1.05 bits per heavy atom. The molecule has 2 rings (SSSR count). The van der Waals surface area contributed by atoms with Crippen molar-refractivity contribution in [2.45, 2.75) is 32.2 Å². The fourth-order valence-corrected chi connectivity index (χ4v) is 2.52. The van der Waals surface area contributed by atoms with Crippen LogP contribution in [0.25, 0.3) is 0 Å². The summed E-state index contributed by atoms with van der Waals surface area (Å²) in [5.41, 5.74) is 9.16. The molecule has 0 aliphatic carbocycles. The van der Waals surface area contributed by atoms with Crippen molar-refractivity contribution in [1.82, 2.24) is 5.32 Å². The number of rotatable bonds is 6. The van der Waals surface area contributed by atoms with Gasteiger partial charge in [0.2, 0.25) is 5.91 Å². The van der Waals surface area contributed by atoms with Gasteiger partial charge in [-0.3, -0.25) is 4.79 Å². The Kier molecular flexibility index (Phi) is 5.73. The zero-order valence-corrected chi connectivity index (χ0v) is 13.3. The van der Waals surface area contributed by atoms with Crippen LogP contribution in [0.4, 0.5) is 0 Å². The first kappa shape index (κ1) is 16.2. The number of hydrogen-bond acceptors (Lipinski definition) is 2. The van der Waals surface area contributed by atoms with Crippen LogP contribution in [0.3, 0.4) is 0 Å². The van der Waals surface area contributed by atoms with Crippen LogP contribution in [0.5, 0.6) is 0 Å². The highest BCUT2D eigenvalue weighted by Gasteiger charge is 2.20. The van der Waals surface area contributed by atoms with E-state index in [1.807, 2.05) is 37.3 Å². The lowest BCUT2D eigenvalue weighted by Gasteiger charge is -2.20. The molecule has 0 saturated carbocycles. The Balaban J connectivity index is 2.06. The number of amides is 1. The number of carbonyl (C=O) groups excluding carboxylic acids is 1. The minimum atomic E-state index is -0.307. The molecule has 0 fully saturated rings. The van der Waals surface area contributed by atoms with E-state index < -0.39 is 0 Å². The first-order valence-electron chi connectivity index (χ1n) is 7.80. The Hall–Kier alpha value is -2.13. The minimum Gasteiger partial charge on any atom is -0.349 e. The van der Waals surface area contributed by atoms with Gasteiger partial charge in [0.1, 0.15) is 0 Å². The molecule has 2 atom stereocenters. The number of aryl methyl sites for hydroxylation is 1. The smallest absolute Gasteiger partial charge is 0.229 e. The Bertz CT molecular complexity index is 593. The molecule has 22 heavy (non-hydrogen) atoms. The van der Waals surface area contributed by atoms with Crippen molar-refractivity contribution < 1.29 is 4.79 Å². The van der Waals surface area contributed by atoms with Gasteiger partial charge in [-0.05, 0) is 30.0 Å². The number of carbonyl (C=O) groups is 1. The second kappa shape index (κ2) is 7.76. The molecule has 1 amide bonds. The van der Waals surface area contributed by atoms with Crippen LogP contribution in [0.2, 0.25) is 0 Å². The average Bonchev–Trinajstić information content (AvgIpc) is 2.56. The second-order valence-electron chi connectivity index (χ2n) is 5.52. The van der Waals surface area contributed by atoms with Crippen molar-refractivity contribution in [2.75, 3.05) is 6.54 Å². The molecule has 0 aliphatic heterocycles. The van der Waals surface area contributed by atoms with Crippen LogP contribution in [0.1, 0.15) is 42.5 Å². The Labute approximate surface area is 132 Å². The molecule has 116 valence electrons. The zero-order chi connectivity index (χ0) is 15.9. The standard InChI is InChI=1S/C19H24N2O/c1-3-15-9-11-16(12-10-15)14(2)21-19(22)18(13-20)17-7-5-4-6-8-17/h4-12,14,18H,3,13,20H2,1-2H3,(H,21,22). The van der Waals surface area contributed by atoms with Crippen molar-refractivity contribution >= 4 is 5.91 Å². The molecule has 0 heterocycles. The summed E-state index contributed by atoms with van der Waals surface area (Å²) in [6, 6.07) is 18.0. The summed E-state index contributed by atoms with van der Waals surface area (Å²) in [6.45, 7) is 4.43. The molecule has 2 aromatic rings. The van der Waals surface area contributed by atoms with E-state index >= 15 is 0 Å². The van der Waals surface area contributed by atoms with Gasteiger partial charge in [-0.25, -0.2) is 0 Å². The molecule has 3 N–H and O–H groups in total. The predicted octanol–water partition coefficient (Wildman–Crippen LogP) is 3.17. The van der Waals surface area contributed by atoms with E-state index in [2.05, 4.69) is 36.5 Å². The van der Waals surface area contributed by atoms with Crippen molar-refractivity contribution in [3.8, 4) is 0 Å². The number of nitrogens with one attached hydrogen (secondary N) is 1. The molecule has 0 spiro atoms. The molecule has 0 radical (unpaired) electrons. The van der Waals surface area contributed by atoms with Gasteiger partial charge < -0.3 is 11.1 Å². The topological polar surface area (TPSA) is 55.1 Å². The lowest BCUT2D eigenvalue weighted by molar-refractivity contribution is -0.123. The lowest BCUT2D eigenvalue weighted by atomic mass is 9.97. The third-order valence-corrected chi connectivity index (χ3v) is 4.00. The quantitative estimate of drug-likeness (QED) is 0.860. The zero-order valence-electron chi connectivity index (χ0n) is 13.3.